The van der Waals surface area contributed by atoms with E-state index < -0.39 is 16.5 Å². The summed E-state index contributed by atoms with van der Waals surface area (Å²) in [6.45, 7) is 12.1. The average Bonchev–Trinajstić information content (AvgIpc) is 3.07. The molecule has 166 valence electrons. The minimum absolute atomic E-state index is 0.0569. The number of nitro benzene ring substituents is 1. The smallest absolute Gasteiger partial charge is 0.345 e. The van der Waals surface area contributed by atoms with Crippen LogP contribution in [0.25, 0.3) is 0 Å². The van der Waals surface area contributed by atoms with Crippen molar-refractivity contribution in [3.05, 3.63) is 33.9 Å². The molecule has 1 aromatic rings. The van der Waals surface area contributed by atoms with E-state index in [-0.39, 0.29) is 23.3 Å². The summed E-state index contributed by atoms with van der Waals surface area (Å²) in [4.78, 5) is 38.7. The van der Waals surface area contributed by atoms with Crippen molar-refractivity contribution >= 4 is 23.3 Å². The van der Waals surface area contributed by atoms with Crippen molar-refractivity contribution in [1.29, 1.82) is 0 Å². The molecule has 1 aliphatic rings. The molecular formula is C21H31N3O6. The summed E-state index contributed by atoms with van der Waals surface area (Å²) in [5.74, 6) is -0.980. The van der Waals surface area contributed by atoms with Crippen LogP contribution in [0.5, 0.6) is 0 Å². The van der Waals surface area contributed by atoms with E-state index in [1.165, 1.54) is 19.1 Å². The highest BCUT2D eigenvalue weighted by Gasteiger charge is 2.27. The van der Waals surface area contributed by atoms with Crippen molar-refractivity contribution in [2.45, 2.75) is 52.7 Å². The Morgan fingerprint density at radius 3 is 2.60 bits per heavy atom. The number of nitro groups is 1. The monoisotopic (exact) mass is 421 g/mol. The summed E-state index contributed by atoms with van der Waals surface area (Å²) in [7, 11) is 0. The second kappa shape index (κ2) is 9.88. The number of carbonyl (C=O) groups is 2. The number of likely N-dealkylation sites (tertiary alicyclic amines) is 1. The van der Waals surface area contributed by atoms with Crippen LogP contribution in [-0.4, -0.2) is 66.2 Å². The summed E-state index contributed by atoms with van der Waals surface area (Å²) < 4.78 is 10.6. The number of carbonyl (C=O) groups excluding carboxylic acids is 2. The van der Waals surface area contributed by atoms with Gasteiger partial charge < -0.3 is 14.4 Å². The molecule has 1 atom stereocenters. The summed E-state index contributed by atoms with van der Waals surface area (Å²) in [6.07, 6.45) is 0.730. The van der Waals surface area contributed by atoms with Gasteiger partial charge in [-0.2, -0.15) is 0 Å². The second-order valence-electron chi connectivity index (χ2n) is 8.36. The number of esters is 2. The fraction of sp³-hybridized carbons (Fsp3) is 0.619. The van der Waals surface area contributed by atoms with E-state index in [1.54, 1.807) is 26.8 Å². The van der Waals surface area contributed by atoms with Crippen molar-refractivity contribution in [2.75, 3.05) is 37.6 Å². The lowest BCUT2D eigenvalue weighted by molar-refractivity contribution is -0.385. The SMILES string of the molecule is CCN(CCN1CCC(OC(C)=O)C1)c1ccc(C(=O)OC(C)(C)C)c([N+](=O)[O-])c1. The van der Waals surface area contributed by atoms with Gasteiger partial charge in [-0.05, 0) is 46.2 Å². The van der Waals surface area contributed by atoms with E-state index in [1.807, 2.05) is 11.8 Å². The van der Waals surface area contributed by atoms with Crippen LogP contribution in [0, 0.1) is 10.1 Å². The first-order chi connectivity index (χ1) is 14.0. The van der Waals surface area contributed by atoms with Gasteiger partial charge in [-0.1, -0.05) is 0 Å². The van der Waals surface area contributed by atoms with Gasteiger partial charge >= 0.3 is 11.9 Å². The van der Waals surface area contributed by atoms with E-state index in [4.69, 9.17) is 9.47 Å². The molecule has 0 amide bonds. The largest absolute Gasteiger partial charge is 0.461 e. The maximum atomic E-state index is 12.4. The minimum atomic E-state index is -0.737. The van der Waals surface area contributed by atoms with Gasteiger partial charge in [0.05, 0.1) is 4.92 Å². The summed E-state index contributed by atoms with van der Waals surface area (Å²) in [5.41, 5.74) is -0.388. The number of hydrogen-bond acceptors (Lipinski definition) is 8. The number of nitrogens with zero attached hydrogens (tertiary/aromatic N) is 3. The highest BCUT2D eigenvalue weighted by atomic mass is 16.6. The van der Waals surface area contributed by atoms with Crippen LogP contribution in [0.4, 0.5) is 11.4 Å². The molecule has 0 spiro atoms. The minimum Gasteiger partial charge on any atom is -0.461 e. The molecule has 0 aromatic heterocycles. The van der Waals surface area contributed by atoms with Gasteiger partial charge in [-0.3, -0.25) is 19.8 Å². The zero-order chi connectivity index (χ0) is 22.5. The molecule has 1 aromatic carbocycles. The van der Waals surface area contributed by atoms with Crippen LogP contribution in [0.2, 0.25) is 0 Å². The highest BCUT2D eigenvalue weighted by molar-refractivity contribution is 5.95. The third-order valence-electron chi connectivity index (χ3n) is 4.79. The van der Waals surface area contributed by atoms with Gasteiger partial charge in [-0.25, -0.2) is 4.79 Å². The lowest BCUT2D eigenvalue weighted by Crippen LogP contribution is -2.35. The van der Waals surface area contributed by atoms with Crippen LogP contribution in [-0.2, 0) is 14.3 Å². The van der Waals surface area contributed by atoms with Gasteiger partial charge in [0, 0.05) is 51.4 Å². The van der Waals surface area contributed by atoms with Crippen LogP contribution in [0.15, 0.2) is 18.2 Å². The Kier molecular flexibility index (Phi) is 7.77. The quantitative estimate of drug-likeness (QED) is 0.359. The molecule has 0 saturated carbocycles. The topological polar surface area (TPSA) is 102 Å². The van der Waals surface area contributed by atoms with Gasteiger partial charge in [-0.15, -0.1) is 0 Å². The Balaban J connectivity index is 2.09. The number of hydrogen-bond donors (Lipinski definition) is 0. The van der Waals surface area contributed by atoms with E-state index in [0.717, 1.165) is 19.5 Å². The third kappa shape index (κ3) is 6.69. The van der Waals surface area contributed by atoms with Gasteiger partial charge in [0.1, 0.15) is 17.3 Å². The molecule has 1 fully saturated rings. The fourth-order valence-corrected chi connectivity index (χ4v) is 3.44. The lowest BCUT2D eigenvalue weighted by atomic mass is 10.1. The molecule has 0 N–H and O–H groups in total. The summed E-state index contributed by atoms with van der Waals surface area (Å²) in [5, 5.41) is 11.6. The number of ether oxygens (including phenoxy) is 2. The maximum Gasteiger partial charge on any atom is 0.345 e. The first-order valence-corrected chi connectivity index (χ1v) is 10.2. The summed E-state index contributed by atoms with van der Waals surface area (Å²) >= 11 is 0. The number of benzene rings is 1. The zero-order valence-electron chi connectivity index (χ0n) is 18.3. The van der Waals surface area contributed by atoms with Gasteiger partial charge in [0.2, 0.25) is 0 Å². The molecule has 2 rings (SSSR count). The van der Waals surface area contributed by atoms with Crippen LogP contribution >= 0.6 is 0 Å². The van der Waals surface area contributed by atoms with Crippen LogP contribution < -0.4 is 4.90 Å². The number of likely N-dealkylation sites (N-methyl/N-ethyl adjacent to an activating group) is 1. The second-order valence-corrected chi connectivity index (χ2v) is 8.36. The molecule has 1 heterocycles. The third-order valence-corrected chi connectivity index (χ3v) is 4.79. The lowest BCUT2D eigenvalue weighted by Gasteiger charge is -2.26. The molecule has 1 unspecified atom stereocenters. The van der Waals surface area contributed by atoms with E-state index in [2.05, 4.69) is 4.90 Å². The average molecular weight is 421 g/mol. The van der Waals surface area contributed by atoms with E-state index >= 15 is 0 Å². The molecule has 0 aliphatic carbocycles. The van der Waals surface area contributed by atoms with E-state index in [9.17, 15) is 19.7 Å². The molecule has 0 bridgehead atoms. The van der Waals surface area contributed by atoms with Crippen molar-refractivity contribution < 1.29 is 24.0 Å². The van der Waals surface area contributed by atoms with Gasteiger partial charge in [0.15, 0.2) is 0 Å². The molecular weight excluding hydrogens is 390 g/mol. The van der Waals surface area contributed by atoms with Crippen molar-refractivity contribution in [1.82, 2.24) is 4.90 Å². The van der Waals surface area contributed by atoms with Gasteiger partial charge in [0.25, 0.3) is 5.69 Å². The Morgan fingerprint density at radius 1 is 1.33 bits per heavy atom. The Hall–Kier alpha value is -2.68. The van der Waals surface area contributed by atoms with Crippen molar-refractivity contribution in [2.24, 2.45) is 0 Å². The van der Waals surface area contributed by atoms with Crippen molar-refractivity contribution in [3.63, 3.8) is 0 Å². The molecule has 1 aliphatic heterocycles. The Morgan fingerprint density at radius 2 is 2.03 bits per heavy atom. The van der Waals surface area contributed by atoms with E-state index in [0.29, 0.717) is 25.3 Å². The summed E-state index contributed by atoms with van der Waals surface area (Å²) in [6, 6.07) is 4.59. The maximum absolute atomic E-state index is 12.4. The molecule has 0 radical (unpaired) electrons. The number of anilines is 1. The molecule has 1 saturated heterocycles. The standard InChI is InChI=1S/C21H31N3O6/c1-6-23(12-11-22-10-9-17(14-22)29-15(2)25)16-7-8-18(19(13-16)24(27)28)20(26)30-21(3,4)5/h7-8,13,17H,6,9-12,14H2,1-5H3. The van der Waals surface area contributed by atoms with Crippen LogP contribution in [0.1, 0.15) is 51.4 Å². The Bertz CT molecular complexity index is 789. The van der Waals surface area contributed by atoms with Crippen LogP contribution in [0.3, 0.4) is 0 Å². The zero-order valence-corrected chi connectivity index (χ0v) is 18.3. The first kappa shape index (κ1) is 23.6. The molecule has 9 heteroatoms. The van der Waals surface area contributed by atoms with Crippen molar-refractivity contribution in [3.8, 4) is 0 Å². The Labute approximate surface area is 177 Å². The predicted octanol–water partition coefficient (Wildman–Crippen LogP) is 3.01. The first-order valence-electron chi connectivity index (χ1n) is 10.2. The number of rotatable bonds is 8. The fourth-order valence-electron chi connectivity index (χ4n) is 3.44. The highest BCUT2D eigenvalue weighted by Crippen LogP contribution is 2.28. The predicted molar refractivity (Wildman–Crippen MR) is 113 cm³/mol. The molecule has 30 heavy (non-hydrogen) atoms. The molecule has 9 nitrogen and oxygen atoms in total. The normalized spacial score (nSPS) is 16.9.